The number of halogens is 1. The maximum atomic E-state index is 12.0. The number of aromatic amines is 1. The fourth-order valence-electron chi connectivity index (χ4n) is 3.52. The smallest absolute Gasteiger partial charge is 0.340 e. The maximum absolute atomic E-state index is 12.0. The van der Waals surface area contributed by atoms with Crippen molar-refractivity contribution in [2.75, 3.05) is 13.7 Å². The summed E-state index contributed by atoms with van der Waals surface area (Å²) in [6.07, 6.45) is 5.26. The van der Waals surface area contributed by atoms with Gasteiger partial charge in [0.15, 0.2) is 0 Å². The lowest BCUT2D eigenvalue weighted by Gasteiger charge is -2.23. The molecule has 4 rings (SSSR count). The van der Waals surface area contributed by atoms with Gasteiger partial charge in [-0.2, -0.15) is 0 Å². The lowest BCUT2D eigenvalue weighted by atomic mass is 9.97. The molecule has 1 aliphatic heterocycles. The number of hydrogen-bond donors (Lipinski definition) is 1. The van der Waals surface area contributed by atoms with E-state index in [9.17, 15) is 4.79 Å². The Kier molecular flexibility index (Phi) is 4.70. The highest BCUT2D eigenvalue weighted by molar-refractivity contribution is 6.34. The number of hydrogen-bond acceptors (Lipinski definition) is 3. The number of fused-ring (bicyclic) bond motifs is 1. The van der Waals surface area contributed by atoms with Gasteiger partial charge >= 0.3 is 5.97 Å². The summed E-state index contributed by atoms with van der Waals surface area (Å²) in [4.78, 5) is 15.0. The Morgan fingerprint density at radius 3 is 2.73 bits per heavy atom. The lowest BCUT2D eigenvalue weighted by Crippen LogP contribution is -2.11. The van der Waals surface area contributed by atoms with Crippen LogP contribution >= 0.6 is 11.6 Å². The molecule has 1 N–H and O–H groups in total. The van der Waals surface area contributed by atoms with E-state index in [-0.39, 0.29) is 12.1 Å². The number of carbonyl (C=O) groups excluding carboxylic acids is 1. The predicted octanol–water partition coefficient (Wildman–Crippen LogP) is 5.52. The molecule has 1 atom stereocenters. The molecule has 5 heteroatoms. The summed E-state index contributed by atoms with van der Waals surface area (Å²) in [6, 6.07) is 12.1. The summed E-state index contributed by atoms with van der Waals surface area (Å²) in [5.41, 5.74) is 4.41. The van der Waals surface area contributed by atoms with E-state index in [0.29, 0.717) is 10.6 Å². The molecular formula is C21H20ClNO3. The highest BCUT2D eigenvalue weighted by Crippen LogP contribution is 2.35. The second kappa shape index (κ2) is 7.14. The van der Waals surface area contributed by atoms with E-state index in [1.807, 2.05) is 12.1 Å². The molecule has 3 aromatic rings. The minimum Gasteiger partial charge on any atom is -0.465 e. The molecule has 4 nitrogen and oxygen atoms in total. The van der Waals surface area contributed by atoms with E-state index in [2.05, 4.69) is 29.2 Å². The Hall–Kier alpha value is -2.30. The van der Waals surface area contributed by atoms with Crippen molar-refractivity contribution in [3.63, 3.8) is 0 Å². The average Bonchev–Trinajstić information content (AvgIpc) is 3.10. The zero-order chi connectivity index (χ0) is 18.1. The number of H-pyrrole nitrogens is 1. The SMILES string of the molecule is COC(=O)c1c[nH]c2cc(Cl)c(-c3ccc(C4CCCCO4)cc3)cc12. The van der Waals surface area contributed by atoms with Gasteiger partial charge in [-0.1, -0.05) is 35.9 Å². The van der Waals surface area contributed by atoms with Gasteiger partial charge in [-0.25, -0.2) is 4.79 Å². The Labute approximate surface area is 157 Å². The van der Waals surface area contributed by atoms with Gasteiger partial charge < -0.3 is 14.5 Å². The van der Waals surface area contributed by atoms with E-state index in [4.69, 9.17) is 21.1 Å². The average molecular weight is 370 g/mol. The lowest BCUT2D eigenvalue weighted by molar-refractivity contribution is 0.0149. The van der Waals surface area contributed by atoms with Gasteiger partial charge in [0.05, 0.1) is 23.8 Å². The van der Waals surface area contributed by atoms with Crippen LogP contribution in [0.4, 0.5) is 0 Å². The highest BCUT2D eigenvalue weighted by atomic mass is 35.5. The van der Waals surface area contributed by atoms with Crippen LogP contribution in [0.1, 0.15) is 41.3 Å². The first-order chi connectivity index (χ1) is 12.7. The highest BCUT2D eigenvalue weighted by Gasteiger charge is 2.17. The summed E-state index contributed by atoms with van der Waals surface area (Å²) in [7, 11) is 1.38. The van der Waals surface area contributed by atoms with E-state index >= 15 is 0 Å². The van der Waals surface area contributed by atoms with Crippen molar-refractivity contribution in [3.8, 4) is 11.1 Å². The zero-order valence-electron chi connectivity index (χ0n) is 14.5. The molecule has 1 aromatic heterocycles. The Morgan fingerprint density at radius 1 is 1.23 bits per heavy atom. The molecule has 2 aromatic carbocycles. The van der Waals surface area contributed by atoms with E-state index in [0.717, 1.165) is 41.5 Å². The minimum atomic E-state index is -0.366. The molecule has 0 amide bonds. The number of benzene rings is 2. The number of esters is 1. The zero-order valence-corrected chi connectivity index (χ0v) is 15.3. The van der Waals surface area contributed by atoms with E-state index < -0.39 is 0 Å². The maximum Gasteiger partial charge on any atom is 0.340 e. The van der Waals surface area contributed by atoms with Gasteiger partial charge in [0.1, 0.15) is 0 Å². The quantitative estimate of drug-likeness (QED) is 0.619. The summed E-state index contributed by atoms with van der Waals surface area (Å²) >= 11 is 6.49. The van der Waals surface area contributed by atoms with Gasteiger partial charge in [0.25, 0.3) is 0 Å². The molecular weight excluding hydrogens is 350 g/mol. The van der Waals surface area contributed by atoms with Crippen LogP contribution in [0, 0.1) is 0 Å². The van der Waals surface area contributed by atoms with Crippen molar-refractivity contribution >= 4 is 28.5 Å². The second-order valence-electron chi connectivity index (χ2n) is 6.55. The Balaban J connectivity index is 1.71. The summed E-state index contributed by atoms with van der Waals surface area (Å²) in [5.74, 6) is -0.366. The first-order valence-electron chi connectivity index (χ1n) is 8.78. The molecule has 1 fully saturated rings. The van der Waals surface area contributed by atoms with Crippen LogP contribution in [-0.4, -0.2) is 24.7 Å². The molecule has 1 saturated heterocycles. The number of ether oxygens (including phenoxy) is 2. The van der Waals surface area contributed by atoms with E-state index in [1.165, 1.54) is 19.1 Å². The van der Waals surface area contributed by atoms with Crippen molar-refractivity contribution in [2.45, 2.75) is 25.4 Å². The molecule has 134 valence electrons. The third kappa shape index (κ3) is 3.11. The molecule has 0 bridgehead atoms. The number of aromatic nitrogens is 1. The minimum absolute atomic E-state index is 0.186. The number of carbonyl (C=O) groups is 1. The molecule has 0 aliphatic carbocycles. The van der Waals surface area contributed by atoms with Crippen LogP contribution in [0.3, 0.4) is 0 Å². The molecule has 1 aliphatic rings. The van der Waals surface area contributed by atoms with Crippen LogP contribution in [0.5, 0.6) is 0 Å². The van der Waals surface area contributed by atoms with Crippen molar-refractivity contribution < 1.29 is 14.3 Å². The predicted molar refractivity (Wildman–Crippen MR) is 103 cm³/mol. The first kappa shape index (κ1) is 17.1. The van der Waals surface area contributed by atoms with E-state index in [1.54, 1.807) is 6.20 Å². The second-order valence-corrected chi connectivity index (χ2v) is 6.96. The first-order valence-corrected chi connectivity index (χ1v) is 9.16. The van der Waals surface area contributed by atoms with Crippen LogP contribution in [0.15, 0.2) is 42.6 Å². The van der Waals surface area contributed by atoms with Crippen molar-refractivity contribution in [1.82, 2.24) is 4.98 Å². The van der Waals surface area contributed by atoms with Gasteiger partial charge in [-0.05, 0) is 42.5 Å². The molecule has 1 unspecified atom stereocenters. The van der Waals surface area contributed by atoms with Crippen molar-refractivity contribution in [2.24, 2.45) is 0 Å². The fourth-order valence-corrected chi connectivity index (χ4v) is 3.80. The summed E-state index contributed by atoms with van der Waals surface area (Å²) in [6.45, 7) is 0.832. The summed E-state index contributed by atoms with van der Waals surface area (Å²) in [5, 5.41) is 1.44. The Bertz CT molecular complexity index is 940. The van der Waals surface area contributed by atoms with Gasteiger partial charge in [-0.15, -0.1) is 0 Å². The standard InChI is InChI=1S/C21H20ClNO3/c1-25-21(24)17-12-23-19-11-18(22)15(10-16(17)19)13-5-7-14(8-6-13)20-4-2-3-9-26-20/h5-8,10-12,20,23H,2-4,9H2,1H3. The van der Waals surface area contributed by atoms with Crippen molar-refractivity contribution in [1.29, 1.82) is 0 Å². The number of nitrogens with one attached hydrogen (secondary N) is 1. The molecule has 0 radical (unpaired) electrons. The third-order valence-electron chi connectivity index (χ3n) is 4.95. The van der Waals surface area contributed by atoms with Gasteiger partial charge in [0, 0.05) is 29.3 Å². The number of rotatable bonds is 3. The number of methoxy groups -OCH3 is 1. The van der Waals surface area contributed by atoms with Crippen LogP contribution in [0.2, 0.25) is 5.02 Å². The Morgan fingerprint density at radius 2 is 2.04 bits per heavy atom. The van der Waals surface area contributed by atoms with Crippen LogP contribution < -0.4 is 0 Å². The van der Waals surface area contributed by atoms with Gasteiger partial charge in [0.2, 0.25) is 0 Å². The fraction of sp³-hybridized carbons (Fsp3) is 0.286. The largest absolute Gasteiger partial charge is 0.465 e. The van der Waals surface area contributed by atoms with Crippen LogP contribution in [0.25, 0.3) is 22.0 Å². The van der Waals surface area contributed by atoms with Crippen molar-refractivity contribution in [3.05, 3.63) is 58.7 Å². The normalized spacial score (nSPS) is 17.4. The summed E-state index contributed by atoms with van der Waals surface area (Å²) < 4.78 is 10.7. The topological polar surface area (TPSA) is 51.3 Å². The van der Waals surface area contributed by atoms with Gasteiger partial charge in [-0.3, -0.25) is 0 Å². The molecule has 0 spiro atoms. The molecule has 26 heavy (non-hydrogen) atoms. The molecule has 2 heterocycles. The molecule has 0 saturated carbocycles. The third-order valence-corrected chi connectivity index (χ3v) is 5.26. The van der Waals surface area contributed by atoms with Crippen LogP contribution in [-0.2, 0) is 9.47 Å². The monoisotopic (exact) mass is 369 g/mol.